The lowest BCUT2D eigenvalue weighted by Crippen LogP contribution is -2.17. The quantitative estimate of drug-likeness (QED) is 0.887. The number of fused-ring (bicyclic) bond motifs is 1. The van der Waals surface area contributed by atoms with Crippen LogP contribution in [0.1, 0.15) is 50.8 Å². The fraction of sp³-hybridized carbons (Fsp3) is 0.692. The lowest BCUT2D eigenvalue weighted by atomic mass is 9.95. The van der Waals surface area contributed by atoms with Crippen LogP contribution in [-0.4, -0.2) is 19.3 Å². The lowest BCUT2D eigenvalue weighted by Gasteiger charge is -2.24. The first-order valence-corrected chi connectivity index (χ1v) is 6.93. The first-order valence-electron chi connectivity index (χ1n) is 6.93. The van der Waals surface area contributed by atoms with Gasteiger partial charge in [0.25, 0.3) is 0 Å². The molecule has 1 saturated carbocycles. The first-order chi connectivity index (χ1) is 8.72. The van der Waals surface area contributed by atoms with Crippen LogP contribution in [-0.2, 0) is 6.54 Å². The van der Waals surface area contributed by atoms with E-state index in [2.05, 4.69) is 21.6 Å². The van der Waals surface area contributed by atoms with Crippen LogP contribution in [0.25, 0.3) is 11.2 Å². The molecule has 0 amide bonds. The Morgan fingerprint density at radius 3 is 2.67 bits per heavy atom. The van der Waals surface area contributed by atoms with E-state index >= 15 is 0 Å². The zero-order chi connectivity index (χ0) is 12.7. The summed E-state index contributed by atoms with van der Waals surface area (Å²) in [5, 5.41) is 4.54. The molecule has 2 heterocycles. The highest BCUT2D eigenvalue weighted by Crippen LogP contribution is 2.33. The molecule has 18 heavy (non-hydrogen) atoms. The standard InChI is InChI=1S/C13H21N5/c1-3-17-12-11(9(2)16-17)15-13(14)18(12)10-7-5-4-6-8-10/h10H,3-8H2,1-2H3,(H2,14,15). The third-order valence-electron chi connectivity index (χ3n) is 4.01. The number of aryl methyl sites for hydroxylation is 2. The van der Waals surface area contributed by atoms with Crippen LogP contribution in [0.3, 0.4) is 0 Å². The van der Waals surface area contributed by atoms with E-state index in [1.54, 1.807) is 0 Å². The third kappa shape index (κ3) is 1.61. The number of imidazole rings is 1. The summed E-state index contributed by atoms with van der Waals surface area (Å²) in [5.41, 5.74) is 9.19. The predicted molar refractivity (Wildman–Crippen MR) is 72.5 cm³/mol. The third-order valence-corrected chi connectivity index (χ3v) is 4.01. The Labute approximate surface area is 107 Å². The van der Waals surface area contributed by atoms with Gasteiger partial charge in [-0.2, -0.15) is 5.10 Å². The summed E-state index contributed by atoms with van der Waals surface area (Å²) in [7, 11) is 0. The molecule has 0 aliphatic heterocycles. The minimum atomic E-state index is 0.505. The highest BCUT2D eigenvalue weighted by molar-refractivity contribution is 5.77. The van der Waals surface area contributed by atoms with Gasteiger partial charge in [0.05, 0.1) is 5.69 Å². The molecule has 0 saturated heterocycles. The van der Waals surface area contributed by atoms with Crippen molar-refractivity contribution in [2.75, 3.05) is 5.73 Å². The van der Waals surface area contributed by atoms with E-state index in [0.29, 0.717) is 12.0 Å². The second-order valence-corrected chi connectivity index (χ2v) is 5.21. The van der Waals surface area contributed by atoms with Crippen molar-refractivity contribution in [2.45, 2.75) is 58.5 Å². The van der Waals surface area contributed by atoms with Crippen LogP contribution >= 0.6 is 0 Å². The van der Waals surface area contributed by atoms with Crippen LogP contribution < -0.4 is 5.73 Å². The Kier molecular flexibility index (Phi) is 2.76. The smallest absolute Gasteiger partial charge is 0.202 e. The maximum Gasteiger partial charge on any atom is 0.202 e. The normalized spacial score (nSPS) is 17.7. The lowest BCUT2D eigenvalue weighted by molar-refractivity contribution is 0.359. The topological polar surface area (TPSA) is 61.7 Å². The molecule has 0 spiro atoms. The number of hydrogen-bond acceptors (Lipinski definition) is 3. The fourth-order valence-electron chi connectivity index (χ4n) is 3.13. The van der Waals surface area contributed by atoms with Crippen LogP contribution in [0.4, 0.5) is 5.95 Å². The Morgan fingerprint density at radius 1 is 1.28 bits per heavy atom. The molecule has 1 aliphatic rings. The van der Waals surface area contributed by atoms with E-state index in [0.717, 1.165) is 23.4 Å². The number of anilines is 1. The van der Waals surface area contributed by atoms with E-state index in [9.17, 15) is 0 Å². The Bertz CT molecular complexity index is 559. The fourth-order valence-corrected chi connectivity index (χ4v) is 3.13. The summed E-state index contributed by atoms with van der Waals surface area (Å²) >= 11 is 0. The van der Waals surface area contributed by atoms with Crippen molar-refractivity contribution in [1.82, 2.24) is 19.3 Å². The molecule has 0 bridgehead atoms. The monoisotopic (exact) mass is 247 g/mol. The van der Waals surface area contributed by atoms with Crippen molar-refractivity contribution in [3.8, 4) is 0 Å². The molecule has 1 aliphatic carbocycles. The average molecular weight is 247 g/mol. The van der Waals surface area contributed by atoms with Crippen molar-refractivity contribution >= 4 is 17.1 Å². The van der Waals surface area contributed by atoms with Gasteiger partial charge in [-0.05, 0) is 26.7 Å². The average Bonchev–Trinajstić information content (AvgIpc) is 2.88. The summed E-state index contributed by atoms with van der Waals surface area (Å²) in [4.78, 5) is 4.51. The Hall–Kier alpha value is -1.52. The van der Waals surface area contributed by atoms with Gasteiger partial charge in [-0.25, -0.2) is 9.67 Å². The number of rotatable bonds is 2. The maximum absolute atomic E-state index is 6.13. The van der Waals surface area contributed by atoms with Gasteiger partial charge in [0, 0.05) is 12.6 Å². The van der Waals surface area contributed by atoms with Crippen molar-refractivity contribution < 1.29 is 0 Å². The van der Waals surface area contributed by atoms with Crippen LogP contribution in [0.15, 0.2) is 0 Å². The molecule has 0 atom stereocenters. The van der Waals surface area contributed by atoms with Gasteiger partial charge >= 0.3 is 0 Å². The van der Waals surface area contributed by atoms with Gasteiger partial charge in [-0.3, -0.25) is 4.57 Å². The van der Waals surface area contributed by atoms with E-state index < -0.39 is 0 Å². The van der Waals surface area contributed by atoms with E-state index in [4.69, 9.17) is 5.73 Å². The molecular formula is C13H21N5. The van der Waals surface area contributed by atoms with E-state index in [1.165, 1.54) is 32.1 Å². The van der Waals surface area contributed by atoms with Crippen molar-refractivity contribution in [3.05, 3.63) is 5.69 Å². The number of nitrogens with two attached hydrogens (primary N) is 1. The molecule has 0 radical (unpaired) electrons. The van der Waals surface area contributed by atoms with Crippen molar-refractivity contribution in [1.29, 1.82) is 0 Å². The summed E-state index contributed by atoms with van der Waals surface area (Å²) in [6.07, 6.45) is 6.36. The summed E-state index contributed by atoms with van der Waals surface area (Å²) in [6.45, 7) is 4.98. The van der Waals surface area contributed by atoms with E-state index in [1.807, 2.05) is 11.6 Å². The molecule has 3 rings (SSSR count). The Morgan fingerprint density at radius 2 is 2.00 bits per heavy atom. The van der Waals surface area contributed by atoms with Crippen LogP contribution in [0.5, 0.6) is 0 Å². The highest BCUT2D eigenvalue weighted by Gasteiger charge is 2.23. The molecule has 0 aromatic carbocycles. The number of nitrogen functional groups attached to an aromatic ring is 1. The summed E-state index contributed by atoms with van der Waals surface area (Å²) < 4.78 is 4.25. The van der Waals surface area contributed by atoms with Gasteiger partial charge in [0.15, 0.2) is 5.65 Å². The number of aromatic nitrogens is 4. The highest BCUT2D eigenvalue weighted by atomic mass is 15.4. The maximum atomic E-state index is 6.13. The largest absolute Gasteiger partial charge is 0.369 e. The minimum absolute atomic E-state index is 0.505. The molecule has 2 N–H and O–H groups in total. The minimum Gasteiger partial charge on any atom is -0.369 e. The molecule has 2 aromatic rings. The second-order valence-electron chi connectivity index (χ2n) is 5.21. The first kappa shape index (κ1) is 11.6. The second kappa shape index (κ2) is 4.30. The van der Waals surface area contributed by atoms with Gasteiger partial charge in [-0.1, -0.05) is 19.3 Å². The van der Waals surface area contributed by atoms with Gasteiger partial charge in [0.1, 0.15) is 5.52 Å². The van der Waals surface area contributed by atoms with E-state index in [-0.39, 0.29) is 0 Å². The molecule has 98 valence electrons. The molecule has 2 aromatic heterocycles. The van der Waals surface area contributed by atoms with Gasteiger partial charge in [0.2, 0.25) is 5.95 Å². The Balaban J connectivity index is 2.16. The zero-order valence-electron chi connectivity index (χ0n) is 11.2. The summed E-state index contributed by atoms with van der Waals surface area (Å²) in [6, 6.07) is 0.505. The van der Waals surface area contributed by atoms with Crippen molar-refractivity contribution in [2.24, 2.45) is 0 Å². The molecule has 5 nitrogen and oxygen atoms in total. The van der Waals surface area contributed by atoms with Crippen LogP contribution in [0, 0.1) is 6.92 Å². The van der Waals surface area contributed by atoms with Gasteiger partial charge in [-0.15, -0.1) is 0 Å². The number of nitrogens with zero attached hydrogens (tertiary/aromatic N) is 4. The van der Waals surface area contributed by atoms with Crippen LogP contribution in [0.2, 0.25) is 0 Å². The SMILES string of the molecule is CCn1nc(C)c2nc(N)n(C3CCCCC3)c21. The van der Waals surface area contributed by atoms with Gasteiger partial charge < -0.3 is 5.73 Å². The molecule has 1 fully saturated rings. The molecule has 5 heteroatoms. The molecular weight excluding hydrogens is 226 g/mol. The predicted octanol–water partition coefficient (Wildman–Crippen LogP) is 2.65. The zero-order valence-corrected chi connectivity index (χ0v) is 11.2. The number of hydrogen-bond donors (Lipinski definition) is 1. The molecule has 0 unspecified atom stereocenters. The van der Waals surface area contributed by atoms with Crippen molar-refractivity contribution in [3.63, 3.8) is 0 Å². The summed E-state index contributed by atoms with van der Waals surface area (Å²) in [5.74, 6) is 0.652.